The smallest absolute Gasteiger partial charge is 0.272 e. The number of carbonyl (C=O) groups excluding carboxylic acids is 2. The number of thiophene rings is 1. The summed E-state index contributed by atoms with van der Waals surface area (Å²) in [6.45, 7) is 8.29. The molecule has 2 aromatic heterocycles. The summed E-state index contributed by atoms with van der Waals surface area (Å²) in [5.41, 5.74) is 0.613. The average Bonchev–Trinajstić information content (AvgIpc) is 3.31. The fourth-order valence-electron chi connectivity index (χ4n) is 3.11. The molecule has 3 heterocycles. The van der Waals surface area contributed by atoms with Crippen molar-refractivity contribution < 1.29 is 9.59 Å². The number of rotatable bonds is 4. The second-order valence-electron chi connectivity index (χ2n) is 6.63. The van der Waals surface area contributed by atoms with Crippen molar-refractivity contribution in [1.82, 2.24) is 19.4 Å². The molecule has 7 heteroatoms. The SMILES string of the molecule is CC(C(=O)N1CCN(C(=O)c2cncn2C(C)C)CC1)c1cccs1. The molecule has 1 saturated heterocycles. The van der Waals surface area contributed by atoms with Gasteiger partial charge in [-0.05, 0) is 32.2 Å². The molecule has 0 bridgehead atoms. The minimum absolute atomic E-state index is 0.00963. The van der Waals surface area contributed by atoms with E-state index in [0.717, 1.165) is 4.88 Å². The van der Waals surface area contributed by atoms with Crippen LogP contribution in [0.3, 0.4) is 0 Å². The number of nitrogens with zero attached hydrogens (tertiary/aromatic N) is 4. The van der Waals surface area contributed by atoms with Crippen molar-refractivity contribution >= 4 is 23.2 Å². The van der Waals surface area contributed by atoms with Gasteiger partial charge in [0.2, 0.25) is 5.91 Å². The average molecular weight is 360 g/mol. The van der Waals surface area contributed by atoms with Gasteiger partial charge in [0.05, 0.1) is 18.4 Å². The van der Waals surface area contributed by atoms with Crippen LogP contribution >= 0.6 is 11.3 Å². The molecule has 0 saturated carbocycles. The first-order valence-corrected chi connectivity index (χ1v) is 9.50. The molecule has 25 heavy (non-hydrogen) atoms. The number of amides is 2. The lowest BCUT2D eigenvalue weighted by Gasteiger charge is -2.36. The maximum Gasteiger partial charge on any atom is 0.272 e. The lowest BCUT2D eigenvalue weighted by Crippen LogP contribution is -2.51. The van der Waals surface area contributed by atoms with Gasteiger partial charge in [-0.25, -0.2) is 4.98 Å². The first-order valence-electron chi connectivity index (χ1n) is 8.62. The molecule has 134 valence electrons. The molecule has 6 nitrogen and oxygen atoms in total. The molecule has 0 radical (unpaired) electrons. The first-order chi connectivity index (χ1) is 12.0. The summed E-state index contributed by atoms with van der Waals surface area (Å²) in [7, 11) is 0. The van der Waals surface area contributed by atoms with E-state index in [1.165, 1.54) is 0 Å². The van der Waals surface area contributed by atoms with Gasteiger partial charge in [-0.15, -0.1) is 11.3 Å². The molecule has 1 fully saturated rings. The Hall–Kier alpha value is -2.15. The Morgan fingerprint density at radius 1 is 1.12 bits per heavy atom. The lowest BCUT2D eigenvalue weighted by atomic mass is 10.1. The lowest BCUT2D eigenvalue weighted by molar-refractivity contribution is -0.133. The molecule has 1 unspecified atom stereocenters. The van der Waals surface area contributed by atoms with Crippen LogP contribution in [0.15, 0.2) is 30.0 Å². The van der Waals surface area contributed by atoms with Gasteiger partial charge < -0.3 is 14.4 Å². The molecule has 1 aliphatic heterocycles. The predicted octanol–water partition coefficient (Wildman–Crippen LogP) is 2.61. The zero-order valence-electron chi connectivity index (χ0n) is 14.9. The highest BCUT2D eigenvalue weighted by molar-refractivity contribution is 7.10. The van der Waals surface area contributed by atoms with Crippen LogP contribution < -0.4 is 0 Å². The Kier molecular flexibility index (Phi) is 5.22. The van der Waals surface area contributed by atoms with Crippen molar-refractivity contribution in [1.29, 1.82) is 0 Å². The van der Waals surface area contributed by atoms with Crippen LogP contribution in [0.5, 0.6) is 0 Å². The monoisotopic (exact) mass is 360 g/mol. The van der Waals surface area contributed by atoms with Crippen LogP contribution in [0.4, 0.5) is 0 Å². The fourth-order valence-corrected chi connectivity index (χ4v) is 3.88. The van der Waals surface area contributed by atoms with Gasteiger partial charge in [0.1, 0.15) is 5.69 Å². The van der Waals surface area contributed by atoms with E-state index in [2.05, 4.69) is 4.98 Å². The van der Waals surface area contributed by atoms with Crippen molar-refractivity contribution in [3.63, 3.8) is 0 Å². The minimum atomic E-state index is -0.121. The molecular formula is C18H24N4O2S. The molecule has 0 spiro atoms. The molecular weight excluding hydrogens is 336 g/mol. The van der Waals surface area contributed by atoms with Gasteiger partial charge >= 0.3 is 0 Å². The molecule has 3 rings (SSSR count). The van der Waals surface area contributed by atoms with Gasteiger partial charge in [-0.1, -0.05) is 6.07 Å². The van der Waals surface area contributed by atoms with Crippen LogP contribution in [0.2, 0.25) is 0 Å². The van der Waals surface area contributed by atoms with E-state index in [-0.39, 0.29) is 23.8 Å². The third-order valence-electron chi connectivity index (χ3n) is 4.66. The van der Waals surface area contributed by atoms with Crippen molar-refractivity contribution in [2.75, 3.05) is 26.2 Å². The Labute approximate surface area is 152 Å². The largest absolute Gasteiger partial charge is 0.339 e. The van der Waals surface area contributed by atoms with Crippen LogP contribution in [0.1, 0.15) is 48.1 Å². The summed E-state index contributed by atoms with van der Waals surface area (Å²) in [5, 5.41) is 1.99. The molecule has 2 amide bonds. The van der Waals surface area contributed by atoms with Gasteiger partial charge in [0.25, 0.3) is 5.91 Å². The molecule has 0 aromatic carbocycles. The number of piperazine rings is 1. The highest BCUT2D eigenvalue weighted by atomic mass is 32.1. The van der Waals surface area contributed by atoms with E-state index in [4.69, 9.17) is 0 Å². The van der Waals surface area contributed by atoms with Crippen LogP contribution in [0, 0.1) is 0 Å². The van der Waals surface area contributed by atoms with E-state index in [0.29, 0.717) is 31.9 Å². The maximum atomic E-state index is 12.7. The number of imidazole rings is 1. The van der Waals surface area contributed by atoms with E-state index in [1.54, 1.807) is 23.9 Å². The zero-order valence-corrected chi connectivity index (χ0v) is 15.7. The summed E-state index contributed by atoms with van der Waals surface area (Å²) in [4.78, 5) is 34.3. The predicted molar refractivity (Wildman–Crippen MR) is 97.8 cm³/mol. The second kappa shape index (κ2) is 7.39. The molecule has 1 aliphatic rings. The fraction of sp³-hybridized carbons (Fsp3) is 0.500. The third kappa shape index (κ3) is 3.61. The van der Waals surface area contributed by atoms with Crippen LogP contribution in [-0.2, 0) is 4.79 Å². The highest BCUT2D eigenvalue weighted by Gasteiger charge is 2.29. The number of hydrogen-bond acceptors (Lipinski definition) is 4. The van der Waals surface area contributed by atoms with Gasteiger partial charge in [-0.3, -0.25) is 9.59 Å². The highest BCUT2D eigenvalue weighted by Crippen LogP contribution is 2.23. The summed E-state index contributed by atoms with van der Waals surface area (Å²) in [6.07, 6.45) is 3.32. The van der Waals surface area contributed by atoms with E-state index < -0.39 is 0 Å². The van der Waals surface area contributed by atoms with Crippen molar-refractivity contribution in [2.24, 2.45) is 0 Å². The normalized spacial score (nSPS) is 16.3. The quantitative estimate of drug-likeness (QED) is 0.842. The third-order valence-corrected chi connectivity index (χ3v) is 5.72. The molecule has 0 aliphatic carbocycles. The Morgan fingerprint density at radius 2 is 1.80 bits per heavy atom. The van der Waals surface area contributed by atoms with Crippen LogP contribution in [-0.4, -0.2) is 57.3 Å². The van der Waals surface area contributed by atoms with Crippen molar-refractivity contribution in [3.05, 3.63) is 40.6 Å². The number of hydrogen-bond donors (Lipinski definition) is 0. The Bertz CT molecular complexity index is 730. The van der Waals surface area contributed by atoms with E-state index in [1.807, 2.05) is 52.7 Å². The second-order valence-corrected chi connectivity index (χ2v) is 7.61. The zero-order chi connectivity index (χ0) is 18.0. The standard InChI is InChI=1S/C18H24N4O2S/c1-13(2)22-12-19-11-15(22)18(24)21-8-6-20(7-9-21)17(23)14(3)16-5-4-10-25-16/h4-5,10-14H,6-9H2,1-3H3. The minimum Gasteiger partial charge on any atom is -0.339 e. The van der Waals surface area contributed by atoms with E-state index >= 15 is 0 Å². The topological polar surface area (TPSA) is 58.4 Å². The summed E-state index contributed by atoms with van der Waals surface area (Å²) in [6, 6.07) is 4.16. The Morgan fingerprint density at radius 3 is 2.40 bits per heavy atom. The summed E-state index contributed by atoms with van der Waals surface area (Å²) >= 11 is 1.61. The summed E-state index contributed by atoms with van der Waals surface area (Å²) in [5.74, 6) is 0.0102. The maximum absolute atomic E-state index is 12.7. The van der Waals surface area contributed by atoms with Gasteiger partial charge in [-0.2, -0.15) is 0 Å². The molecule has 1 atom stereocenters. The number of carbonyl (C=O) groups is 2. The molecule has 0 N–H and O–H groups in total. The van der Waals surface area contributed by atoms with Crippen LogP contribution in [0.25, 0.3) is 0 Å². The number of aromatic nitrogens is 2. The van der Waals surface area contributed by atoms with E-state index in [9.17, 15) is 9.59 Å². The Balaban J connectivity index is 1.61. The first kappa shape index (κ1) is 17.7. The van der Waals surface area contributed by atoms with Crippen molar-refractivity contribution in [2.45, 2.75) is 32.7 Å². The molecule has 2 aromatic rings. The van der Waals surface area contributed by atoms with Crippen molar-refractivity contribution in [3.8, 4) is 0 Å². The summed E-state index contributed by atoms with van der Waals surface area (Å²) < 4.78 is 1.89. The van der Waals surface area contributed by atoms with Gasteiger partial charge in [0.15, 0.2) is 0 Å². The van der Waals surface area contributed by atoms with Gasteiger partial charge in [0, 0.05) is 37.1 Å².